The molecule has 1 aromatic heterocycles. The number of halogens is 1. The van der Waals surface area contributed by atoms with E-state index in [0.29, 0.717) is 12.1 Å². The molecular formula is C36H36FN9O11S3. The molecule has 4 aromatic carbocycles. The summed E-state index contributed by atoms with van der Waals surface area (Å²) in [5, 5.41) is 35.9. The molecule has 24 heteroatoms. The number of carboxylic acids is 1. The molecule has 0 fully saturated rings. The first-order valence-electron chi connectivity index (χ1n) is 17.4. The maximum Gasteiger partial charge on any atom is 0.337 e. The Morgan fingerprint density at radius 3 is 2.25 bits per heavy atom. The SMILES string of the molecule is CCCS(=O)(=O)c1cccc(N(CC)c2nc(F)nc(Nc3cc(S(=O)(=O)OC)cc(NN=C(N=Nc4cc(CS(=O)(=O)O)ccc4C(=O)O)c4ccccc4)c3O)n2)c1. The van der Waals surface area contributed by atoms with Crippen molar-refractivity contribution in [2.75, 3.05) is 35.0 Å². The van der Waals surface area contributed by atoms with E-state index in [1.807, 2.05) is 0 Å². The Morgan fingerprint density at radius 2 is 1.60 bits per heavy atom. The number of nitrogens with one attached hydrogen (secondary N) is 2. The molecule has 0 aliphatic heterocycles. The van der Waals surface area contributed by atoms with Crippen LogP contribution in [0.15, 0.2) is 110 Å². The molecule has 0 bridgehead atoms. The van der Waals surface area contributed by atoms with Gasteiger partial charge in [-0.2, -0.15) is 41.3 Å². The van der Waals surface area contributed by atoms with E-state index in [4.69, 9.17) is 0 Å². The summed E-state index contributed by atoms with van der Waals surface area (Å²) in [5.41, 5.74) is 1.60. The Balaban J connectivity index is 1.56. The second kappa shape index (κ2) is 18.6. The zero-order valence-corrected chi connectivity index (χ0v) is 34.2. The lowest BCUT2D eigenvalue weighted by Crippen LogP contribution is -2.21. The van der Waals surface area contributed by atoms with Gasteiger partial charge in [-0.05, 0) is 61.4 Å². The highest BCUT2D eigenvalue weighted by molar-refractivity contribution is 7.91. The fourth-order valence-electron chi connectivity index (χ4n) is 5.42. The number of hydrogen-bond donors (Lipinski definition) is 5. The van der Waals surface area contributed by atoms with E-state index in [1.165, 1.54) is 41.3 Å². The number of hydrogen-bond acceptors (Lipinski definition) is 17. The number of nitrogens with zero attached hydrogens (tertiary/aromatic N) is 7. The van der Waals surface area contributed by atoms with Crippen LogP contribution in [0.5, 0.6) is 5.75 Å². The number of rotatable bonds is 17. The third-order valence-electron chi connectivity index (χ3n) is 8.16. The number of aromatic nitrogens is 3. The van der Waals surface area contributed by atoms with Gasteiger partial charge in [0.2, 0.25) is 17.7 Å². The van der Waals surface area contributed by atoms with E-state index in [9.17, 15) is 44.8 Å². The molecule has 1 heterocycles. The minimum atomic E-state index is -4.50. The van der Waals surface area contributed by atoms with Gasteiger partial charge in [-0.15, -0.1) is 10.2 Å². The Kier molecular flexibility index (Phi) is 13.9. The predicted molar refractivity (Wildman–Crippen MR) is 217 cm³/mol. The quantitative estimate of drug-likeness (QED) is 0.0141. The number of hydrazone groups is 1. The van der Waals surface area contributed by atoms with Crippen LogP contribution in [0.3, 0.4) is 0 Å². The number of amidine groups is 1. The minimum absolute atomic E-state index is 0.00598. The number of sulfone groups is 1. The summed E-state index contributed by atoms with van der Waals surface area (Å²) >= 11 is 0. The molecule has 5 N–H and O–H groups in total. The third kappa shape index (κ3) is 11.2. The molecular weight excluding hydrogens is 850 g/mol. The molecule has 316 valence electrons. The second-order valence-corrected chi connectivity index (χ2v) is 17.7. The van der Waals surface area contributed by atoms with E-state index in [-0.39, 0.29) is 51.4 Å². The average Bonchev–Trinajstić information content (AvgIpc) is 3.19. The lowest BCUT2D eigenvalue weighted by Gasteiger charge is -2.22. The Hall–Kier alpha value is -6.47. The van der Waals surface area contributed by atoms with Crippen molar-refractivity contribution >= 4 is 76.5 Å². The van der Waals surface area contributed by atoms with Gasteiger partial charge in [-0.3, -0.25) is 14.2 Å². The summed E-state index contributed by atoms with van der Waals surface area (Å²) in [6, 6.07) is 19.1. The van der Waals surface area contributed by atoms with Crippen molar-refractivity contribution in [3.63, 3.8) is 0 Å². The average molecular weight is 886 g/mol. The number of benzene rings is 4. The number of aromatic hydroxyl groups is 1. The number of phenols is 1. The molecule has 0 saturated carbocycles. The Labute approximate surface area is 343 Å². The summed E-state index contributed by atoms with van der Waals surface area (Å²) in [7, 11) is -11.7. The Morgan fingerprint density at radius 1 is 0.883 bits per heavy atom. The molecule has 5 aromatic rings. The monoisotopic (exact) mass is 885 g/mol. The highest BCUT2D eigenvalue weighted by Gasteiger charge is 2.23. The van der Waals surface area contributed by atoms with Crippen molar-refractivity contribution in [2.45, 2.75) is 35.8 Å². The number of anilines is 5. The summed E-state index contributed by atoms with van der Waals surface area (Å²) in [4.78, 5) is 24.5. The fraction of sp³-hybridized carbons (Fsp3) is 0.194. The predicted octanol–water partition coefficient (Wildman–Crippen LogP) is 5.78. The minimum Gasteiger partial charge on any atom is -0.504 e. The van der Waals surface area contributed by atoms with Crippen molar-refractivity contribution in [1.29, 1.82) is 0 Å². The van der Waals surface area contributed by atoms with Crippen LogP contribution < -0.4 is 15.6 Å². The van der Waals surface area contributed by atoms with Gasteiger partial charge in [0, 0.05) is 17.8 Å². The maximum atomic E-state index is 15.0. The molecule has 0 unspecified atom stereocenters. The van der Waals surface area contributed by atoms with Gasteiger partial charge in [0.15, 0.2) is 15.6 Å². The Bertz CT molecular complexity index is 2810. The van der Waals surface area contributed by atoms with Gasteiger partial charge >= 0.3 is 12.0 Å². The topological polar surface area (TPSA) is 292 Å². The first-order chi connectivity index (χ1) is 28.3. The molecule has 60 heavy (non-hydrogen) atoms. The van der Waals surface area contributed by atoms with Crippen LogP contribution in [0.25, 0.3) is 0 Å². The molecule has 0 aliphatic carbocycles. The summed E-state index contributed by atoms with van der Waals surface area (Å²) in [5.74, 6) is -4.10. The molecule has 0 radical (unpaired) electrons. The molecule has 0 saturated heterocycles. The molecule has 0 amide bonds. The zero-order chi connectivity index (χ0) is 43.8. The van der Waals surface area contributed by atoms with Gasteiger partial charge in [0.05, 0.1) is 33.9 Å². The van der Waals surface area contributed by atoms with Crippen LogP contribution in [0.4, 0.5) is 39.0 Å². The number of carboxylic acid groups (broad SMARTS) is 1. The number of carbonyl (C=O) groups is 1. The smallest absolute Gasteiger partial charge is 0.337 e. The highest BCUT2D eigenvalue weighted by Crippen LogP contribution is 2.38. The van der Waals surface area contributed by atoms with E-state index < -0.39 is 75.8 Å². The van der Waals surface area contributed by atoms with E-state index >= 15 is 4.39 Å². The van der Waals surface area contributed by atoms with Crippen molar-refractivity contribution in [2.24, 2.45) is 15.3 Å². The fourth-order valence-corrected chi connectivity index (χ4v) is 8.10. The van der Waals surface area contributed by atoms with Crippen molar-refractivity contribution in [3.8, 4) is 5.75 Å². The van der Waals surface area contributed by atoms with Crippen LogP contribution in [-0.4, -0.2) is 86.2 Å². The van der Waals surface area contributed by atoms with E-state index in [1.54, 1.807) is 38.1 Å². The van der Waals surface area contributed by atoms with Crippen LogP contribution in [-0.2, 0) is 40.0 Å². The lowest BCUT2D eigenvalue weighted by molar-refractivity contribution is 0.0697. The number of azo groups is 1. The molecule has 0 atom stereocenters. The number of aromatic carboxylic acids is 1. The first kappa shape index (κ1) is 44.6. The summed E-state index contributed by atoms with van der Waals surface area (Å²) in [6.45, 7) is 3.54. The van der Waals surface area contributed by atoms with Gasteiger partial charge in [0.1, 0.15) is 17.1 Å². The van der Waals surface area contributed by atoms with Crippen LogP contribution in [0.2, 0.25) is 0 Å². The van der Waals surface area contributed by atoms with E-state index in [2.05, 4.69) is 45.2 Å². The standard InChI is InChI=1S/C36H36FN9O11S3/c1-4-16-58(50,51)25-13-9-12-24(18-25)46(5-2)36-40-34(37)39-35(41-36)38-29-19-26(60(55,56)57-3)20-30(31(29)47)43-45-32(23-10-7-6-8-11-23)44-42-28-17-22(21-59(52,53)54)14-15-27(28)33(48)49/h6-15,17-20,43,47H,4-5,16,21H2,1-3H3,(H,48,49)(H,52,53,54)(H,38,39,40,41). The second-order valence-electron chi connectivity index (χ2n) is 12.4. The van der Waals surface area contributed by atoms with Crippen molar-refractivity contribution < 1.29 is 53.4 Å². The summed E-state index contributed by atoms with van der Waals surface area (Å²) in [6.07, 6.45) is -0.902. The zero-order valence-electron chi connectivity index (χ0n) is 31.8. The van der Waals surface area contributed by atoms with Gasteiger partial charge in [0.25, 0.3) is 20.2 Å². The largest absolute Gasteiger partial charge is 0.504 e. The molecule has 0 spiro atoms. The van der Waals surface area contributed by atoms with Crippen molar-refractivity contribution in [3.05, 3.63) is 108 Å². The molecule has 5 rings (SSSR count). The number of phenolic OH excluding ortho intramolecular Hbond substituents is 1. The van der Waals surface area contributed by atoms with Crippen LogP contribution >= 0.6 is 0 Å². The van der Waals surface area contributed by atoms with Crippen LogP contribution in [0.1, 0.15) is 41.8 Å². The van der Waals surface area contributed by atoms with E-state index in [0.717, 1.165) is 31.4 Å². The third-order valence-corrected chi connectivity index (χ3v) is 12.0. The normalized spacial score (nSPS) is 12.4. The summed E-state index contributed by atoms with van der Waals surface area (Å²) < 4.78 is 103. The molecule has 20 nitrogen and oxygen atoms in total. The lowest BCUT2D eigenvalue weighted by atomic mass is 10.1. The highest BCUT2D eigenvalue weighted by atomic mass is 32.2. The maximum absolute atomic E-state index is 15.0. The van der Waals surface area contributed by atoms with Crippen LogP contribution in [0, 0.1) is 6.08 Å². The first-order valence-corrected chi connectivity index (χ1v) is 22.1. The molecule has 0 aliphatic rings. The van der Waals surface area contributed by atoms with Gasteiger partial charge in [-0.1, -0.05) is 49.4 Å². The van der Waals surface area contributed by atoms with Gasteiger partial charge < -0.3 is 20.4 Å². The van der Waals surface area contributed by atoms with Crippen molar-refractivity contribution in [1.82, 2.24) is 15.0 Å². The van der Waals surface area contributed by atoms with Gasteiger partial charge in [-0.25, -0.2) is 13.2 Å².